The zero-order valence-electron chi connectivity index (χ0n) is 15.3. The van der Waals surface area contributed by atoms with E-state index in [0.717, 1.165) is 26.1 Å². The van der Waals surface area contributed by atoms with Crippen molar-refractivity contribution < 1.29 is 9.53 Å². The van der Waals surface area contributed by atoms with Gasteiger partial charge in [0.05, 0.1) is 13.0 Å². The van der Waals surface area contributed by atoms with Crippen molar-refractivity contribution in [2.75, 3.05) is 19.7 Å². The Hall–Kier alpha value is -1.35. The van der Waals surface area contributed by atoms with E-state index < -0.39 is 0 Å². The van der Waals surface area contributed by atoms with Crippen LogP contribution in [0.4, 0.5) is 0 Å². The zero-order chi connectivity index (χ0) is 17.1. The Labute approximate surface area is 142 Å². The van der Waals surface area contributed by atoms with Gasteiger partial charge in [0.1, 0.15) is 0 Å². The van der Waals surface area contributed by atoms with Gasteiger partial charge in [-0.1, -0.05) is 51.5 Å². The Morgan fingerprint density at radius 2 is 1.83 bits per heavy atom. The Kier molecular flexibility index (Phi) is 9.61. The topological polar surface area (TPSA) is 29.5 Å². The van der Waals surface area contributed by atoms with E-state index >= 15 is 0 Å². The van der Waals surface area contributed by atoms with Crippen LogP contribution >= 0.6 is 0 Å². The molecule has 1 rings (SSSR count). The fourth-order valence-electron chi connectivity index (χ4n) is 2.58. The molecule has 0 heterocycles. The van der Waals surface area contributed by atoms with Crippen LogP contribution < -0.4 is 0 Å². The molecule has 3 nitrogen and oxygen atoms in total. The van der Waals surface area contributed by atoms with Crippen LogP contribution in [0.3, 0.4) is 0 Å². The molecule has 0 aliphatic rings. The number of rotatable bonds is 11. The molecule has 0 saturated heterocycles. The first-order valence-corrected chi connectivity index (χ1v) is 9.07. The number of hydrogen-bond acceptors (Lipinski definition) is 3. The lowest BCUT2D eigenvalue weighted by Crippen LogP contribution is -2.27. The van der Waals surface area contributed by atoms with E-state index in [1.807, 2.05) is 6.92 Å². The van der Waals surface area contributed by atoms with E-state index in [4.69, 9.17) is 4.74 Å². The molecule has 1 aromatic carbocycles. The molecule has 0 spiro atoms. The summed E-state index contributed by atoms with van der Waals surface area (Å²) in [6.07, 6.45) is 3.97. The van der Waals surface area contributed by atoms with E-state index in [2.05, 4.69) is 49.9 Å². The van der Waals surface area contributed by atoms with Crippen molar-refractivity contribution >= 4 is 5.97 Å². The molecule has 0 N–H and O–H groups in total. The molecule has 130 valence electrons. The summed E-state index contributed by atoms with van der Waals surface area (Å²) in [5, 5.41) is 0. The molecule has 0 bridgehead atoms. The minimum absolute atomic E-state index is 0.0962. The number of ether oxygens (including phenoxy) is 1. The van der Waals surface area contributed by atoms with Crippen molar-refractivity contribution in [2.45, 2.75) is 65.8 Å². The Bertz CT molecular complexity index is 441. The molecule has 0 radical (unpaired) electrons. The lowest BCUT2D eigenvalue weighted by molar-refractivity contribution is -0.143. The van der Waals surface area contributed by atoms with E-state index in [1.165, 1.54) is 24.0 Å². The summed E-state index contributed by atoms with van der Waals surface area (Å²) in [5.74, 6) is 0.519. The zero-order valence-corrected chi connectivity index (χ0v) is 15.3. The Balaban J connectivity index is 2.59. The molecule has 0 amide bonds. The smallest absolute Gasteiger partial charge is 0.307 e. The molecule has 1 atom stereocenters. The first-order valence-electron chi connectivity index (χ1n) is 9.07. The second-order valence-electron chi connectivity index (χ2n) is 6.24. The normalized spacial score (nSPS) is 12.4. The van der Waals surface area contributed by atoms with Crippen molar-refractivity contribution in [3.05, 3.63) is 35.4 Å². The van der Waals surface area contributed by atoms with Gasteiger partial charge in [0, 0.05) is 13.1 Å². The highest BCUT2D eigenvalue weighted by Crippen LogP contribution is 2.19. The molecule has 0 fully saturated rings. The summed E-state index contributed by atoms with van der Waals surface area (Å²) in [7, 11) is 0. The van der Waals surface area contributed by atoms with Crippen LogP contribution in [0, 0.1) is 0 Å². The molecule has 23 heavy (non-hydrogen) atoms. The SMILES string of the molecule is CCCCN(CCC(=O)OCC)Cc1ccc(C(C)CC)cc1. The number of benzene rings is 1. The van der Waals surface area contributed by atoms with Crippen molar-refractivity contribution in [3.63, 3.8) is 0 Å². The summed E-state index contributed by atoms with van der Waals surface area (Å²) in [6.45, 7) is 11.7. The van der Waals surface area contributed by atoms with Crippen LogP contribution in [0.25, 0.3) is 0 Å². The number of unbranched alkanes of at least 4 members (excludes halogenated alkanes) is 1. The van der Waals surface area contributed by atoms with Crippen molar-refractivity contribution in [1.29, 1.82) is 0 Å². The predicted octanol–water partition coefficient (Wildman–Crippen LogP) is 4.76. The van der Waals surface area contributed by atoms with Crippen LogP contribution in [-0.4, -0.2) is 30.6 Å². The van der Waals surface area contributed by atoms with Gasteiger partial charge in [-0.15, -0.1) is 0 Å². The highest BCUT2D eigenvalue weighted by Gasteiger charge is 2.10. The van der Waals surface area contributed by atoms with Crippen LogP contribution in [-0.2, 0) is 16.1 Å². The first-order chi connectivity index (χ1) is 11.1. The third kappa shape index (κ3) is 7.65. The van der Waals surface area contributed by atoms with Gasteiger partial charge < -0.3 is 4.74 Å². The van der Waals surface area contributed by atoms with Crippen LogP contribution in [0.1, 0.15) is 70.4 Å². The van der Waals surface area contributed by atoms with Gasteiger partial charge in [-0.2, -0.15) is 0 Å². The van der Waals surface area contributed by atoms with E-state index in [9.17, 15) is 4.79 Å². The van der Waals surface area contributed by atoms with E-state index in [0.29, 0.717) is 18.9 Å². The lowest BCUT2D eigenvalue weighted by atomic mass is 9.97. The average molecular weight is 319 g/mol. The fourth-order valence-corrected chi connectivity index (χ4v) is 2.58. The maximum Gasteiger partial charge on any atom is 0.307 e. The quantitative estimate of drug-likeness (QED) is 0.551. The lowest BCUT2D eigenvalue weighted by Gasteiger charge is -2.22. The van der Waals surface area contributed by atoms with Crippen LogP contribution in [0.15, 0.2) is 24.3 Å². The summed E-state index contributed by atoms with van der Waals surface area (Å²) in [5.41, 5.74) is 2.72. The van der Waals surface area contributed by atoms with E-state index in [1.54, 1.807) is 0 Å². The van der Waals surface area contributed by atoms with Crippen molar-refractivity contribution in [2.24, 2.45) is 0 Å². The van der Waals surface area contributed by atoms with Gasteiger partial charge in [0.25, 0.3) is 0 Å². The molecule has 1 unspecified atom stereocenters. The standard InChI is InChI=1S/C20H33NO2/c1-5-8-14-21(15-13-20(22)23-7-3)16-18-9-11-19(12-10-18)17(4)6-2/h9-12,17H,5-8,13-16H2,1-4H3. The van der Waals surface area contributed by atoms with Gasteiger partial charge >= 0.3 is 5.97 Å². The van der Waals surface area contributed by atoms with Crippen molar-refractivity contribution in [3.8, 4) is 0 Å². The molecule has 3 heteroatoms. The second-order valence-corrected chi connectivity index (χ2v) is 6.24. The molecule has 1 aromatic rings. The van der Waals surface area contributed by atoms with E-state index in [-0.39, 0.29) is 5.97 Å². The highest BCUT2D eigenvalue weighted by atomic mass is 16.5. The number of nitrogens with zero attached hydrogens (tertiary/aromatic N) is 1. The summed E-state index contributed by atoms with van der Waals surface area (Å²) in [4.78, 5) is 13.9. The highest BCUT2D eigenvalue weighted by molar-refractivity contribution is 5.69. The van der Waals surface area contributed by atoms with Crippen LogP contribution in [0.2, 0.25) is 0 Å². The number of hydrogen-bond donors (Lipinski definition) is 0. The fraction of sp³-hybridized carbons (Fsp3) is 0.650. The maximum absolute atomic E-state index is 11.6. The maximum atomic E-state index is 11.6. The number of carbonyl (C=O) groups excluding carboxylic acids is 1. The Morgan fingerprint density at radius 3 is 2.39 bits per heavy atom. The summed E-state index contributed by atoms with van der Waals surface area (Å²) in [6, 6.07) is 8.94. The van der Waals surface area contributed by atoms with Gasteiger partial charge in [0.2, 0.25) is 0 Å². The summed E-state index contributed by atoms with van der Waals surface area (Å²) < 4.78 is 5.04. The largest absolute Gasteiger partial charge is 0.466 e. The third-order valence-corrected chi connectivity index (χ3v) is 4.33. The molecule has 0 aromatic heterocycles. The molecular weight excluding hydrogens is 286 g/mol. The van der Waals surface area contributed by atoms with Crippen molar-refractivity contribution in [1.82, 2.24) is 4.90 Å². The third-order valence-electron chi connectivity index (χ3n) is 4.33. The predicted molar refractivity (Wildman–Crippen MR) is 96.6 cm³/mol. The van der Waals surface area contributed by atoms with Gasteiger partial charge in [-0.05, 0) is 43.4 Å². The molecule has 0 saturated carbocycles. The number of carbonyl (C=O) groups is 1. The van der Waals surface area contributed by atoms with Gasteiger partial charge in [-0.3, -0.25) is 9.69 Å². The second kappa shape index (κ2) is 11.2. The van der Waals surface area contributed by atoms with Crippen LogP contribution in [0.5, 0.6) is 0 Å². The molecule has 0 aliphatic heterocycles. The minimum atomic E-state index is -0.0962. The average Bonchev–Trinajstić information content (AvgIpc) is 2.57. The Morgan fingerprint density at radius 1 is 1.13 bits per heavy atom. The molecule has 0 aliphatic carbocycles. The molecular formula is C20H33NO2. The number of esters is 1. The van der Waals surface area contributed by atoms with Gasteiger partial charge in [-0.25, -0.2) is 0 Å². The summed E-state index contributed by atoms with van der Waals surface area (Å²) >= 11 is 0. The minimum Gasteiger partial charge on any atom is -0.466 e. The monoisotopic (exact) mass is 319 g/mol. The van der Waals surface area contributed by atoms with Gasteiger partial charge in [0.15, 0.2) is 0 Å². The first kappa shape index (κ1) is 19.7.